The van der Waals surface area contributed by atoms with Crippen LogP contribution in [-0.2, 0) is 4.79 Å². The molecule has 1 unspecified atom stereocenters. The molecule has 0 saturated carbocycles. The Morgan fingerprint density at radius 3 is 2.38 bits per heavy atom. The second-order valence-corrected chi connectivity index (χ2v) is 4.66. The van der Waals surface area contributed by atoms with E-state index in [2.05, 4.69) is 0 Å². The fraction of sp³-hybridized carbons (Fsp3) is 0.300. The summed E-state index contributed by atoms with van der Waals surface area (Å²) in [5.74, 6) is 0. The van der Waals surface area contributed by atoms with Gasteiger partial charge in [0.15, 0.2) is 0 Å². The molecule has 1 nitrogen and oxygen atoms in total. The summed E-state index contributed by atoms with van der Waals surface area (Å²) in [6.45, 7) is 3.84. The molecule has 0 amide bonds. The summed E-state index contributed by atoms with van der Waals surface area (Å²) in [5.41, 5.74) is 1.22. The van der Waals surface area contributed by atoms with Crippen LogP contribution < -0.4 is 0 Å². The van der Waals surface area contributed by atoms with Crippen LogP contribution in [0.4, 0.5) is 0 Å². The minimum Gasteiger partial charge on any atom is -0.280 e. The van der Waals surface area contributed by atoms with Gasteiger partial charge >= 0.3 is 0 Å². The Labute approximate surface area is 87.5 Å². The van der Waals surface area contributed by atoms with Crippen molar-refractivity contribution in [1.29, 1.82) is 0 Å². The van der Waals surface area contributed by atoms with Crippen molar-refractivity contribution in [2.75, 3.05) is 0 Å². The van der Waals surface area contributed by atoms with Gasteiger partial charge in [0.2, 0.25) is 5.24 Å². The predicted octanol–water partition coefficient (Wildman–Crippen LogP) is 3.24. The van der Waals surface area contributed by atoms with Crippen LogP contribution >= 0.6 is 23.4 Å². The molecule has 0 aliphatic carbocycles. The largest absolute Gasteiger partial charge is 0.280 e. The number of thioether (sulfide) groups is 1. The fourth-order valence-electron chi connectivity index (χ4n) is 0.867. The van der Waals surface area contributed by atoms with Gasteiger partial charge in [0.05, 0.1) is 5.25 Å². The number of carbonyl (C=O) groups excluding carboxylic acids is 1. The molecule has 70 valence electrons. The Balaban J connectivity index is 2.64. The summed E-state index contributed by atoms with van der Waals surface area (Å²) >= 11 is 6.83. The molecule has 1 aromatic rings. The number of rotatable bonds is 3. The minimum atomic E-state index is -0.300. The van der Waals surface area contributed by atoms with Crippen LogP contribution in [0.15, 0.2) is 29.2 Å². The highest BCUT2D eigenvalue weighted by Gasteiger charge is 2.10. The van der Waals surface area contributed by atoms with Crippen molar-refractivity contribution in [3.63, 3.8) is 0 Å². The van der Waals surface area contributed by atoms with Gasteiger partial charge in [0.25, 0.3) is 0 Å². The lowest BCUT2D eigenvalue weighted by Gasteiger charge is -2.05. The lowest BCUT2D eigenvalue weighted by atomic mass is 10.2. The first-order valence-corrected chi connectivity index (χ1v) is 5.28. The monoisotopic (exact) mass is 214 g/mol. The zero-order chi connectivity index (χ0) is 9.84. The van der Waals surface area contributed by atoms with E-state index in [1.807, 2.05) is 31.2 Å². The topological polar surface area (TPSA) is 17.1 Å². The summed E-state index contributed by atoms with van der Waals surface area (Å²) in [4.78, 5) is 11.8. The summed E-state index contributed by atoms with van der Waals surface area (Å²) in [5, 5.41) is -0.477. The van der Waals surface area contributed by atoms with Crippen LogP contribution in [0.25, 0.3) is 0 Å². The molecule has 0 saturated heterocycles. The Hall–Kier alpha value is -0.470. The first-order chi connectivity index (χ1) is 6.09. The second-order valence-electron chi connectivity index (χ2n) is 2.88. The van der Waals surface area contributed by atoms with Gasteiger partial charge in [-0.05, 0) is 37.6 Å². The highest BCUT2D eigenvalue weighted by atomic mass is 35.5. The van der Waals surface area contributed by atoms with Crippen LogP contribution in [0.2, 0.25) is 0 Å². The third-order valence-corrected chi connectivity index (χ3v) is 3.22. The molecular weight excluding hydrogens is 204 g/mol. The normalized spacial score (nSPS) is 12.5. The van der Waals surface area contributed by atoms with Crippen molar-refractivity contribution in [3.8, 4) is 0 Å². The maximum atomic E-state index is 10.8. The van der Waals surface area contributed by atoms with Gasteiger partial charge in [-0.3, -0.25) is 4.79 Å². The molecule has 0 radical (unpaired) electrons. The van der Waals surface area contributed by atoms with Crippen molar-refractivity contribution < 1.29 is 4.79 Å². The van der Waals surface area contributed by atoms with Crippen LogP contribution in [0.3, 0.4) is 0 Å². The third-order valence-electron chi connectivity index (χ3n) is 1.65. The summed E-state index contributed by atoms with van der Waals surface area (Å²) in [6.07, 6.45) is 0. The van der Waals surface area contributed by atoms with Crippen molar-refractivity contribution in [1.82, 2.24) is 0 Å². The Kier molecular flexibility index (Phi) is 3.82. The van der Waals surface area contributed by atoms with Gasteiger partial charge < -0.3 is 0 Å². The molecule has 0 N–H and O–H groups in total. The summed E-state index contributed by atoms with van der Waals surface area (Å²) in [7, 11) is 0. The number of hydrogen-bond donors (Lipinski definition) is 0. The Morgan fingerprint density at radius 2 is 1.92 bits per heavy atom. The van der Waals surface area contributed by atoms with E-state index in [1.165, 1.54) is 17.3 Å². The van der Waals surface area contributed by atoms with Crippen molar-refractivity contribution in [2.24, 2.45) is 0 Å². The van der Waals surface area contributed by atoms with Gasteiger partial charge in [-0.1, -0.05) is 17.7 Å². The van der Waals surface area contributed by atoms with Gasteiger partial charge in [-0.25, -0.2) is 0 Å². The smallest absolute Gasteiger partial charge is 0.234 e. The molecule has 1 rings (SSSR count). The number of halogens is 1. The molecule has 0 fully saturated rings. The van der Waals surface area contributed by atoms with Crippen LogP contribution in [-0.4, -0.2) is 10.5 Å². The number of benzene rings is 1. The standard InChI is InChI=1S/C10H11ClOS/c1-7-3-5-9(6-4-7)13-8(2)10(11)12/h3-6,8H,1-2H3. The molecule has 13 heavy (non-hydrogen) atoms. The van der Waals surface area contributed by atoms with E-state index in [-0.39, 0.29) is 10.5 Å². The molecule has 0 aliphatic heterocycles. The molecule has 0 aromatic heterocycles. The first-order valence-electron chi connectivity index (χ1n) is 4.02. The fourth-order valence-corrected chi connectivity index (χ4v) is 1.80. The van der Waals surface area contributed by atoms with E-state index < -0.39 is 0 Å². The minimum absolute atomic E-state index is 0.177. The van der Waals surface area contributed by atoms with E-state index in [4.69, 9.17) is 11.6 Å². The Morgan fingerprint density at radius 1 is 1.38 bits per heavy atom. The molecular formula is C10H11ClOS. The van der Waals surface area contributed by atoms with Crippen LogP contribution in [0, 0.1) is 6.92 Å². The maximum absolute atomic E-state index is 10.8. The zero-order valence-electron chi connectivity index (χ0n) is 7.58. The highest BCUT2D eigenvalue weighted by molar-refractivity contribution is 8.00. The summed E-state index contributed by atoms with van der Waals surface area (Å²) < 4.78 is 0. The van der Waals surface area contributed by atoms with Gasteiger partial charge in [-0.2, -0.15) is 0 Å². The third kappa shape index (κ3) is 3.41. The van der Waals surface area contributed by atoms with Gasteiger partial charge in [0, 0.05) is 4.90 Å². The Bertz CT molecular complexity index is 294. The van der Waals surface area contributed by atoms with Crippen molar-refractivity contribution in [3.05, 3.63) is 29.8 Å². The van der Waals surface area contributed by atoms with E-state index in [1.54, 1.807) is 6.92 Å². The molecule has 1 atom stereocenters. The number of carbonyl (C=O) groups is 1. The SMILES string of the molecule is Cc1ccc(SC(C)C(=O)Cl)cc1. The second kappa shape index (κ2) is 4.68. The quantitative estimate of drug-likeness (QED) is 0.568. The molecule has 3 heteroatoms. The summed E-state index contributed by atoms with van der Waals surface area (Å²) in [6, 6.07) is 8.04. The van der Waals surface area contributed by atoms with Crippen LogP contribution in [0.1, 0.15) is 12.5 Å². The van der Waals surface area contributed by atoms with Crippen molar-refractivity contribution >= 4 is 28.6 Å². The van der Waals surface area contributed by atoms with E-state index in [0.29, 0.717) is 0 Å². The van der Waals surface area contributed by atoms with Crippen molar-refractivity contribution in [2.45, 2.75) is 24.0 Å². The van der Waals surface area contributed by atoms with Gasteiger partial charge in [-0.15, -0.1) is 11.8 Å². The lowest BCUT2D eigenvalue weighted by molar-refractivity contribution is -0.111. The maximum Gasteiger partial charge on any atom is 0.234 e. The number of hydrogen-bond acceptors (Lipinski definition) is 2. The lowest BCUT2D eigenvalue weighted by Crippen LogP contribution is -2.04. The molecule has 0 heterocycles. The average molecular weight is 215 g/mol. The number of aryl methyl sites for hydroxylation is 1. The van der Waals surface area contributed by atoms with E-state index in [9.17, 15) is 4.79 Å². The van der Waals surface area contributed by atoms with E-state index in [0.717, 1.165) is 4.90 Å². The van der Waals surface area contributed by atoms with Gasteiger partial charge in [0.1, 0.15) is 0 Å². The first kappa shape index (κ1) is 10.6. The zero-order valence-corrected chi connectivity index (χ0v) is 9.15. The molecule has 0 bridgehead atoms. The molecule has 0 aliphatic rings. The highest BCUT2D eigenvalue weighted by Crippen LogP contribution is 2.24. The molecule has 0 spiro atoms. The molecule has 1 aromatic carbocycles. The van der Waals surface area contributed by atoms with E-state index >= 15 is 0 Å². The average Bonchev–Trinajstić information content (AvgIpc) is 2.08. The predicted molar refractivity (Wildman–Crippen MR) is 57.4 cm³/mol. The van der Waals surface area contributed by atoms with Crippen LogP contribution in [0.5, 0.6) is 0 Å².